The first kappa shape index (κ1) is 15.4. The molecule has 0 aromatic carbocycles. The van der Waals surface area contributed by atoms with E-state index in [0.29, 0.717) is 11.8 Å². The molecular weight excluding hydrogens is 304 g/mol. The number of carbonyl (C=O) groups excluding carboxylic acids is 1. The average Bonchev–Trinajstić information content (AvgIpc) is 2.99. The van der Waals surface area contributed by atoms with E-state index in [-0.39, 0.29) is 11.8 Å². The van der Waals surface area contributed by atoms with Gasteiger partial charge in [0.05, 0.1) is 18.8 Å². The Morgan fingerprint density at radius 1 is 1.42 bits per heavy atom. The Labute approximate surface area is 141 Å². The van der Waals surface area contributed by atoms with E-state index >= 15 is 0 Å². The van der Waals surface area contributed by atoms with Crippen LogP contribution in [0.15, 0.2) is 24.5 Å². The number of hydrogen-bond donors (Lipinski definition) is 2. The first-order valence-corrected chi connectivity index (χ1v) is 8.54. The number of fused-ring (bicyclic) bond motifs is 3. The fraction of sp³-hybridized carbons (Fsp3) is 0.556. The van der Waals surface area contributed by atoms with Gasteiger partial charge in [-0.05, 0) is 57.3 Å². The Balaban J connectivity index is 1.60. The van der Waals surface area contributed by atoms with E-state index in [2.05, 4.69) is 15.6 Å². The SMILES string of the molecule is COc1cccn2c(C(C)(C)NC(=O)C3C4CNCC3C4)ncc12. The van der Waals surface area contributed by atoms with Gasteiger partial charge in [-0.15, -0.1) is 0 Å². The third-order valence-electron chi connectivity index (χ3n) is 5.48. The lowest BCUT2D eigenvalue weighted by molar-refractivity contribution is -0.138. The summed E-state index contributed by atoms with van der Waals surface area (Å²) in [5.41, 5.74) is 0.356. The molecule has 6 nitrogen and oxygen atoms in total. The molecule has 0 spiro atoms. The van der Waals surface area contributed by atoms with Crippen LogP contribution < -0.4 is 15.4 Å². The van der Waals surface area contributed by atoms with E-state index < -0.39 is 5.54 Å². The summed E-state index contributed by atoms with van der Waals surface area (Å²) >= 11 is 0. The van der Waals surface area contributed by atoms with E-state index in [9.17, 15) is 4.79 Å². The number of hydrogen-bond acceptors (Lipinski definition) is 4. The molecular formula is C18H24N4O2. The number of ether oxygens (including phenoxy) is 1. The molecule has 1 saturated carbocycles. The maximum atomic E-state index is 12.8. The van der Waals surface area contributed by atoms with Crippen LogP contribution in [0.2, 0.25) is 0 Å². The topological polar surface area (TPSA) is 67.7 Å². The van der Waals surface area contributed by atoms with Crippen molar-refractivity contribution in [2.45, 2.75) is 25.8 Å². The normalized spacial score (nSPS) is 26.0. The summed E-state index contributed by atoms with van der Waals surface area (Å²) < 4.78 is 7.38. The third kappa shape index (κ3) is 2.28. The van der Waals surface area contributed by atoms with E-state index in [1.807, 2.05) is 36.6 Å². The molecule has 24 heavy (non-hydrogen) atoms. The molecule has 2 bridgehead atoms. The molecule has 1 saturated heterocycles. The van der Waals surface area contributed by atoms with E-state index in [4.69, 9.17) is 4.74 Å². The predicted molar refractivity (Wildman–Crippen MR) is 90.9 cm³/mol. The van der Waals surface area contributed by atoms with Crippen molar-refractivity contribution in [2.24, 2.45) is 17.8 Å². The largest absolute Gasteiger partial charge is 0.494 e. The molecule has 2 N–H and O–H groups in total. The molecule has 1 amide bonds. The number of piperidine rings is 2. The molecule has 6 heteroatoms. The van der Waals surface area contributed by atoms with Gasteiger partial charge in [0, 0.05) is 12.1 Å². The Hall–Kier alpha value is -2.08. The lowest BCUT2D eigenvalue weighted by Crippen LogP contribution is -2.60. The smallest absolute Gasteiger partial charge is 0.224 e. The second-order valence-corrected chi connectivity index (χ2v) is 7.47. The lowest BCUT2D eigenvalue weighted by Gasteiger charge is -2.49. The van der Waals surface area contributed by atoms with Crippen LogP contribution >= 0.6 is 0 Å². The number of pyridine rings is 1. The summed E-state index contributed by atoms with van der Waals surface area (Å²) in [6.07, 6.45) is 4.93. The van der Waals surface area contributed by atoms with Crippen molar-refractivity contribution in [1.82, 2.24) is 20.0 Å². The van der Waals surface area contributed by atoms with Crippen LogP contribution in [-0.2, 0) is 10.3 Å². The number of methoxy groups -OCH3 is 1. The van der Waals surface area contributed by atoms with Crippen molar-refractivity contribution in [3.8, 4) is 5.75 Å². The standard InChI is InChI=1S/C18H24N4O2/c1-18(2,21-16(23)15-11-7-12(15)9-19-8-11)17-20-10-13-14(24-3)5-4-6-22(13)17/h4-6,10-12,15,19H,7-9H2,1-3H3,(H,21,23). The summed E-state index contributed by atoms with van der Waals surface area (Å²) in [6.45, 7) is 5.93. The molecule has 3 heterocycles. The summed E-state index contributed by atoms with van der Waals surface area (Å²) in [5, 5.41) is 6.61. The van der Waals surface area contributed by atoms with Crippen LogP contribution in [0.3, 0.4) is 0 Å². The summed E-state index contributed by atoms with van der Waals surface area (Å²) in [7, 11) is 1.65. The third-order valence-corrected chi connectivity index (χ3v) is 5.48. The highest BCUT2D eigenvalue weighted by molar-refractivity contribution is 5.81. The van der Waals surface area contributed by atoms with E-state index in [0.717, 1.165) is 30.2 Å². The molecule has 2 aromatic rings. The van der Waals surface area contributed by atoms with Gasteiger partial charge in [-0.25, -0.2) is 4.98 Å². The predicted octanol–water partition coefficient (Wildman–Crippen LogP) is 1.55. The average molecular weight is 328 g/mol. The maximum Gasteiger partial charge on any atom is 0.224 e. The molecule has 2 unspecified atom stereocenters. The van der Waals surface area contributed by atoms with Crippen molar-refractivity contribution in [2.75, 3.05) is 20.2 Å². The zero-order valence-corrected chi connectivity index (χ0v) is 14.4. The van der Waals surface area contributed by atoms with Gasteiger partial charge in [-0.1, -0.05) is 0 Å². The minimum atomic E-state index is -0.548. The van der Waals surface area contributed by atoms with E-state index in [1.54, 1.807) is 13.3 Å². The highest BCUT2D eigenvalue weighted by Crippen LogP contribution is 2.43. The van der Waals surface area contributed by atoms with Gasteiger partial charge in [-0.3, -0.25) is 9.20 Å². The van der Waals surface area contributed by atoms with Crippen molar-refractivity contribution in [3.05, 3.63) is 30.4 Å². The number of carbonyl (C=O) groups is 1. The van der Waals surface area contributed by atoms with Gasteiger partial charge in [0.15, 0.2) is 0 Å². The van der Waals surface area contributed by atoms with Crippen LogP contribution in [0.1, 0.15) is 26.1 Å². The molecule has 1 aliphatic heterocycles. The molecule has 4 rings (SSSR count). The first-order valence-electron chi connectivity index (χ1n) is 8.54. The Bertz CT molecular complexity index is 768. The number of aromatic nitrogens is 2. The lowest BCUT2D eigenvalue weighted by atomic mass is 9.61. The van der Waals surface area contributed by atoms with Gasteiger partial charge in [0.1, 0.15) is 17.1 Å². The van der Waals surface area contributed by atoms with Gasteiger partial charge >= 0.3 is 0 Å². The zero-order valence-electron chi connectivity index (χ0n) is 14.4. The maximum absolute atomic E-state index is 12.8. The molecule has 0 radical (unpaired) electrons. The first-order chi connectivity index (χ1) is 11.5. The zero-order chi connectivity index (χ0) is 16.9. The van der Waals surface area contributed by atoms with Crippen LogP contribution in [0.5, 0.6) is 5.75 Å². The molecule has 128 valence electrons. The quantitative estimate of drug-likeness (QED) is 0.894. The number of imidazole rings is 1. The minimum Gasteiger partial charge on any atom is -0.494 e. The van der Waals surface area contributed by atoms with Crippen molar-refractivity contribution < 1.29 is 9.53 Å². The highest BCUT2D eigenvalue weighted by atomic mass is 16.5. The Kier molecular flexibility index (Phi) is 3.53. The highest BCUT2D eigenvalue weighted by Gasteiger charge is 2.48. The molecule has 2 aromatic heterocycles. The minimum absolute atomic E-state index is 0.145. The van der Waals surface area contributed by atoms with Crippen LogP contribution in [0, 0.1) is 17.8 Å². The fourth-order valence-corrected chi connectivity index (χ4v) is 4.25. The number of nitrogens with zero attached hydrogens (tertiary/aromatic N) is 2. The van der Waals surface area contributed by atoms with Gasteiger partial charge in [0.25, 0.3) is 0 Å². The summed E-state index contributed by atoms with van der Waals surface area (Å²) in [4.78, 5) is 17.4. The van der Waals surface area contributed by atoms with Crippen LogP contribution in [-0.4, -0.2) is 35.5 Å². The second kappa shape index (κ2) is 5.48. The number of nitrogens with one attached hydrogen (secondary N) is 2. The summed E-state index contributed by atoms with van der Waals surface area (Å²) in [5.74, 6) is 2.85. The number of amides is 1. The van der Waals surface area contributed by atoms with Crippen molar-refractivity contribution in [3.63, 3.8) is 0 Å². The molecule has 1 aliphatic carbocycles. The van der Waals surface area contributed by atoms with Gasteiger partial charge in [0.2, 0.25) is 5.91 Å². The molecule has 2 atom stereocenters. The summed E-state index contributed by atoms with van der Waals surface area (Å²) in [6, 6.07) is 3.84. The molecule has 2 fully saturated rings. The molecule has 2 aliphatic rings. The van der Waals surface area contributed by atoms with Crippen molar-refractivity contribution >= 4 is 11.4 Å². The van der Waals surface area contributed by atoms with Gasteiger partial charge < -0.3 is 15.4 Å². The fourth-order valence-electron chi connectivity index (χ4n) is 4.25. The van der Waals surface area contributed by atoms with Crippen LogP contribution in [0.25, 0.3) is 5.52 Å². The monoisotopic (exact) mass is 328 g/mol. The Morgan fingerprint density at radius 3 is 2.83 bits per heavy atom. The van der Waals surface area contributed by atoms with E-state index in [1.165, 1.54) is 6.42 Å². The second-order valence-electron chi connectivity index (χ2n) is 7.47. The number of rotatable bonds is 4. The van der Waals surface area contributed by atoms with Crippen molar-refractivity contribution in [1.29, 1.82) is 0 Å². The van der Waals surface area contributed by atoms with Gasteiger partial charge in [-0.2, -0.15) is 0 Å². The van der Waals surface area contributed by atoms with Crippen LogP contribution in [0.4, 0.5) is 0 Å². The Morgan fingerprint density at radius 2 is 2.17 bits per heavy atom.